The number of aliphatic hydroxyl groups is 1. The summed E-state index contributed by atoms with van der Waals surface area (Å²) in [6.45, 7) is 2.45. The summed E-state index contributed by atoms with van der Waals surface area (Å²) >= 11 is 0. The lowest BCUT2D eigenvalue weighted by Crippen LogP contribution is -2.44. The predicted octanol–water partition coefficient (Wildman–Crippen LogP) is 1.78. The molecule has 0 fully saturated rings. The van der Waals surface area contributed by atoms with Gasteiger partial charge in [-0.3, -0.25) is 0 Å². The molecule has 5 heteroatoms. The van der Waals surface area contributed by atoms with Gasteiger partial charge in [-0.15, -0.1) is 0 Å². The lowest BCUT2D eigenvalue weighted by atomic mass is 10.1. The Kier molecular flexibility index (Phi) is 5.01. The summed E-state index contributed by atoms with van der Waals surface area (Å²) in [5.41, 5.74) is 2.30. The molecule has 0 saturated heterocycles. The van der Waals surface area contributed by atoms with Crippen LogP contribution in [0.25, 0.3) is 10.9 Å². The molecule has 1 aromatic carbocycles. The zero-order valence-electron chi connectivity index (χ0n) is 11.6. The number of amides is 2. The van der Waals surface area contributed by atoms with Crippen molar-refractivity contribution in [1.82, 2.24) is 15.6 Å². The number of urea groups is 1. The Morgan fingerprint density at radius 2 is 2.20 bits per heavy atom. The average molecular weight is 275 g/mol. The van der Waals surface area contributed by atoms with Crippen LogP contribution in [0.4, 0.5) is 4.79 Å². The van der Waals surface area contributed by atoms with Gasteiger partial charge >= 0.3 is 6.03 Å². The maximum Gasteiger partial charge on any atom is 0.315 e. The van der Waals surface area contributed by atoms with Crippen molar-refractivity contribution < 1.29 is 9.90 Å². The van der Waals surface area contributed by atoms with Crippen molar-refractivity contribution in [3.63, 3.8) is 0 Å². The van der Waals surface area contributed by atoms with Crippen molar-refractivity contribution in [2.45, 2.75) is 25.8 Å². The average Bonchev–Trinajstić information content (AvgIpc) is 2.88. The van der Waals surface area contributed by atoms with E-state index in [-0.39, 0.29) is 18.7 Å². The molecule has 0 aliphatic carbocycles. The predicted molar refractivity (Wildman–Crippen MR) is 79.7 cm³/mol. The number of nitrogens with one attached hydrogen (secondary N) is 3. The van der Waals surface area contributed by atoms with Gasteiger partial charge in [0.1, 0.15) is 0 Å². The molecule has 4 N–H and O–H groups in total. The number of benzene rings is 1. The Bertz CT molecular complexity index is 561. The normalized spacial score (nSPS) is 12.3. The number of aromatic amines is 1. The summed E-state index contributed by atoms with van der Waals surface area (Å²) in [6.07, 6.45) is 3.46. The molecule has 2 rings (SSSR count). The largest absolute Gasteiger partial charge is 0.394 e. The lowest BCUT2D eigenvalue weighted by Gasteiger charge is -2.14. The molecule has 1 heterocycles. The van der Waals surface area contributed by atoms with E-state index in [0.29, 0.717) is 13.0 Å². The molecule has 1 atom stereocenters. The van der Waals surface area contributed by atoms with Gasteiger partial charge in [-0.25, -0.2) is 4.79 Å². The van der Waals surface area contributed by atoms with Crippen LogP contribution in [0.15, 0.2) is 30.5 Å². The zero-order valence-corrected chi connectivity index (χ0v) is 11.6. The number of para-hydroxylation sites is 1. The Labute approximate surface area is 118 Å². The van der Waals surface area contributed by atoms with Gasteiger partial charge in [-0.1, -0.05) is 25.1 Å². The third kappa shape index (κ3) is 3.51. The van der Waals surface area contributed by atoms with E-state index in [0.717, 1.165) is 11.9 Å². The van der Waals surface area contributed by atoms with Crippen LogP contribution in [0.3, 0.4) is 0 Å². The van der Waals surface area contributed by atoms with E-state index in [9.17, 15) is 4.79 Å². The van der Waals surface area contributed by atoms with E-state index in [1.807, 2.05) is 31.3 Å². The second-order valence-electron chi connectivity index (χ2n) is 4.80. The molecule has 108 valence electrons. The smallest absolute Gasteiger partial charge is 0.315 e. The minimum atomic E-state index is -0.231. The van der Waals surface area contributed by atoms with Crippen molar-refractivity contribution in [2.24, 2.45) is 0 Å². The summed E-state index contributed by atoms with van der Waals surface area (Å²) in [5, 5.41) is 15.7. The topological polar surface area (TPSA) is 77.2 Å². The molecular weight excluding hydrogens is 254 g/mol. The van der Waals surface area contributed by atoms with Crippen LogP contribution in [0.2, 0.25) is 0 Å². The molecule has 0 aliphatic heterocycles. The zero-order chi connectivity index (χ0) is 14.4. The van der Waals surface area contributed by atoms with Gasteiger partial charge in [0, 0.05) is 23.6 Å². The Hall–Kier alpha value is -2.01. The second-order valence-corrected chi connectivity index (χ2v) is 4.80. The van der Waals surface area contributed by atoms with Crippen LogP contribution in [-0.2, 0) is 6.42 Å². The summed E-state index contributed by atoms with van der Waals surface area (Å²) in [6, 6.07) is 7.70. The second kappa shape index (κ2) is 6.96. The minimum absolute atomic E-state index is 0.0353. The lowest BCUT2D eigenvalue weighted by molar-refractivity contribution is 0.214. The van der Waals surface area contributed by atoms with Crippen molar-refractivity contribution in [3.05, 3.63) is 36.0 Å². The molecule has 2 aromatic rings. The highest BCUT2D eigenvalue weighted by atomic mass is 16.3. The number of hydrogen-bond acceptors (Lipinski definition) is 2. The third-order valence-corrected chi connectivity index (χ3v) is 3.40. The standard InChI is InChI=1S/C15H21N3O2/c1-2-12(10-19)18-15(20)16-8-7-11-9-17-14-6-4-3-5-13(11)14/h3-6,9,12,17,19H,2,7-8,10H2,1H3,(H2,16,18,20). The number of aromatic nitrogens is 1. The fourth-order valence-electron chi connectivity index (χ4n) is 2.16. The number of H-pyrrole nitrogens is 1. The van der Waals surface area contributed by atoms with E-state index >= 15 is 0 Å². The summed E-state index contributed by atoms with van der Waals surface area (Å²) < 4.78 is 0. The van der Waals surface area contributed by atoms with Gasteiger partial charge < -0.3 is 20.7 Å². The van der Waals surface area contributed by atoms with Crippen LogP contribution in [0.1, 0.15) is 18.9 Å². The Morgan fingerprint density at radius 3 is 2.95 bits per heavy atom. The van der Waals surface area contributed by atoms with Gasteiger partial charge in [0.15, 0.2) is 0 Å². The number of carbonyl (C=O) groups is 1. The first kappa shape index (κ1) is 14.4. The first-order chi connectivity index (χ1) is 9.74. The molecule has 2 amide bonds. The van der Waals surface area contributed by atoms with Gasteiger partial charge in [0.05, 0.1) is 12.6 Å². The summed E-state index contributed by atoms with van der Waals surface area (Å²) in [4.78, 5) is 14.8. The SMILES string of the molecule is CCC(CO)NC(=O)NCCc1c[nH]c2ccccc12. The highest BCUT2D eigenvalue weighted by molar-refractivity contribution is 5.83. The minimum Gasteiger partial charge on any atom is -0.394 e. The van der Waals surface area contributed by atoms with E-state index in [1.54, 1.807) is 0 Å². The van der Waals surface area contributed by atoms with E-state index in [2.05, 4.69) is 21.7 Å². The van der Waals surface area contributed by atoms with Crippen LogP contribution in [-0.4, -0.2) is 35.3 Å². The molecule has 0 aliphatic rings. The Balaban J connectivity index is 1.82. The maximum atomic E-state index is 11.6. The third-order valence-electron chi connectivity index (χ3n) is 3.40. The van der Waals surface area contributed by atoms with Gasteiger partial charge in [-0.2, -0.15) is 0 Å². The molecule has 0 bridgehead atoms. The first-order valence-electron chi connectivity index (χ1n) is 6.94. The summed E-state index contributed by atoms with van der Waals surface area (Å²) in [7, 11) is 0. The maximum absolute atomic E-state index is 11.6. The molecule has 20 heavy (non-hydrogen) atoms. The van der Waals surface area contributed by atoms with Crippen LogP contribution in [0.5, 0.6) is 0 Å². The van der Waals surface area contributed by atoms with Crippen LogP contribution < -0.4 is 10.6 Å². The molecule has 0 spiro atoms. The molecular formula is C15H21N3O2. The number of rotatable bonds is 6. The number of hydrogen-bond donors (Lipinski definition) is 4. The molecule has 1 unspecified atom stereocenters. The summed E-state index contributed by atoms with van der Waals surface area (Å²) in [5.74, 6) is 0. The molecule has 0 saturated carbocycles. The monoisotopic (exact) mass is 275 g/mol. The quantitative estimate of drug-likeness (QED) is 0.648. The molecule has 0 radical (unpaired) electrons. The van der Waals surface area contributed by atoms with E-state index in [4.69, 9.17) is 5.11 Å². The van der Waals surface area contributed by atoms with Gasteiger partial charge in [0.25, 0.3) is 0 Å². The highest BCUT2D eigenvalue weighted by Gasteiger charge is 2.08. The molecule has 1 aromatic heterocycles. The number of aliphatic hydroxyl groups excluding tert-OH is 1. The Morgan fingerprint density at radius 1 is 1.40 bits per heavy atom. The van der Waals surface area contributed by atoms with Crippen molar-refractivity contribution in [3.8, 4) is 0 Å². The van der Waals surface area contributed by atoms with Gasteiger partial charge in [0.2, 0.25) is 0 Å². The van der Waals surface area contributed by atoms with Crippen molar-refractivity contribution in [1.29, 1.82) is 0 Å². The fourth-order valence-corrected chi connectivity index (χ4v) is 2.16. The number of carbonyl (C=O) groups excluding carboxylic acids is 1. The highest BCUT2D eigenvalue weighted by Crippen LogP contribution is 2.17. The van der Waals surface area contributed by atoms with Crippen molar-refractivity contribution in [2.75, 3.05) is 13.2 Å². The fraction of sp³-hybridized carbons (Fsp3) is 0.400. The first-order valence-corrected chi connectivity index (χ1v) is 6.94. The van der Waals surface area contributed by atoms with Crippen molar-refractivity contribution >= 4 is 16.9 Å². The van der Waals surface area contributed by atoms with Gasteiger partial charge in [-0.05, 0) is 24.5 Å². The molecule has 5 nitrogen and oxygen atoms in total. The van der Waals surface area contributed by atoms with Crippen LogP contribution >= 0.6 is 0 Å². The van der Waals surface area contributed by atoms with E-state index in [1.165, 1.54) is 10.9 Å². The number of fused-ring (bicyclic) bond motifs is 1. The van der Waals surface area contributed by atoms with E-state index < -0.39 is 0 Å². The van der Waals surface area contributed by atoms with Crippen LogP contribution in [0, 0.1) is 0 Å².